The highest BCUT2D eigenvalue weighted by Gasteiger charge is 2.14. The number of hydrazine groups is 1. The lowest BCUT2D eigenvalue weighted by molar-refractivity contribution is 0.0134. The number of hydrogen-bond acceptors (Lipinski definition) is 6. The first-order valence-corrected chi connectivity index (χ1v) is 7.01. The zero-order valence-corrected chi connectivity index (χ0v) is 11.5. The topological polar surface area (TPSA) is 85.1 Å². The largest absolute Gasteiger partial charge is 0.378 e. The van der Waals surface area contributed by atoms with Gasteiger partial charge in [0.05, 0.1) is 6.10 Å². The zero-order valence-electron chi connectivity index (χ0n) is 11.5. The van der Waals surface area contributed by atoms with Crippen molar-refractivity contribution in [1.82, 2.24) is 9.97 Å². The molecule has 1 aromatic rings. The van der Waals surface area contributed by atoms with E-state index >= 15 is 0 Å². The van der Waals surface area contributed by atoms with Crippen LogP contribution in [0.15, 0.2) is 6.33 Å². The van der Waals surface area contributed by atoms with Crippen LogP contribution in [0.5, 0.6) is 0 Å². The molecule has 106 valence electrons. The fourth-order valence-electron chi connectivity index (χ4n) is 2.41. The highest BCUT2D eigenvalue weighted by Crippen LogP contribution is 2.20. The molecule has 1 fully saturated rings. The molecule has 1 aliphatic rings. The van der Waals surface area contributed by atoms with E-state index in [0.717, 1.165) is 37.4 Å². The van der Waals surface area contributed by atoms with Crippen LogP contribution in [0.1, 0.15) is 38.2 Å². The van der Waals surface area contributed by atoms with Gasteiger partial charge in [0, 0.05) is 18.7 Å². The number of nitrogen functional groups attached to an aromatic ring is 1. The number of hydrogen-bond donors (Lipinski definition) is 3. The predicted molar refractivity (Wildman–Crippen MR) is 75.9 cm³/mol. The normalized spacial score (nSPS) is 19.2. The number of nitrogens with one attached hydrogen (secondary N) is 2. The van der Waals surface area contributed by atoms with Crippen molar-refractivity contribution in [2.45, 2.75) is 45.1 Å². The molecule has 6 nitrogen and oxygen atoms in total. The lowest BCUT2D eigenvalue weighted by atomic mass is 10.1. The molecule has 0 saturated carbocycles. The van der Waals surface area contributed by atoms with Gasteiger partial charge in [-0.3, -0.25) is 0 Å². The molecule has 1 saturated heterocycles. The molecule has 2 rings (SSSR count). The lowest BCUT2D eigenvalue weighted by Crippen LogP contribution is -2.22. The van der Waals surface area contributed by atoms with Crippen molar-refractivity contribution in [3.63, 3.8) is 0 Å². The van der Waals surface area contributed by atoms with Crippen molar-refractivity contribution in [3.8, 4) is 0 Å². The van der Waals surface area contributed by atoms with E-state index in [9.17, 15) is 0 Å². The molecule has 0 aromatic carbocycles. The summed E-state index contributed by atoms with van der Waals surface area (Å²) in [6, 6.07) is 0. The van der Waals surface area contributed by atoms with Gasteiger partial charge in [-0.2, -0.15) is 0 Å². The molecule has 0 amide bonds. The van der Waals surface area contributed by atoms with E-state index in [1.54, 1.807) is 0 Å². The van der Waals surface area contributed by atoms with Crippen LogP contribution in [0.4, 0.5) is 11.6 Å². The molecular weight excluding hydrogens is 242 g/mol. The summed E-state index contributed by atoms with van der Waals surface area (Å²) in [6.07, 6.45) is 7.40. The predicted octanol–water partition coefficient (Wildman–Crippen LogP) is 1.70. The third-order valence-electron chi connectivity index (χ3n) is 3.47. The van der Waals surface area contributed by atoms with Crippen LogP contribution >= 0.6 is 0 Å². The summed E-state index contributed by atoms with van der Waals surface area (Å²) in [5.74, 6) is 7.00. The van der Waals surface area contributed by atoms with Gasteiger partial charge in [-0.1, -0.05) is 6.92 Å². The fraction of sp³-hybridized carbons (Fsp3) is 0.692. The van der Waals surface area contributed by atoms with Crippen LogP contribution in [-0.4, -0.2) is 29.2 Å². The highest BCUT2D eigenvalue weighted by molar-refractivity contribution is 5.56. The maximum atomic E-state index is 5.71. The molecule has 6 heteroatoms. The number of nitrogens with two attached hydrogens (primary N) is 1. The van der Waals surface area contributed by atoms with Crippen LogP contribution in [-0.2, 0) is 11.2 Å². The molecule has 1 aromatic heterocycles. The second-order valence-electron chi connectivity index (χ2n) is 4.75. The first-order valence-electron chi connectivity index (χ1n) is 7.01. The van der Waals surface area contributed by atoms with E-state index in [1.165, 1.54) is 25.6 Å². The molecule has 19 heavy (non-hydrogen) atoms. The van der Waals surface area contributed by atoms with Crippen LogP contribution in [0.2, 0.25) is 0 Å². The number of aromatic nitrogens is 2. The molecule has 0 radical (unpaired) electrons. The summed E-state index contributed by atoms with van der Waals surface area (Å²) in [4.78, 5) is 8.40. The minimum atomic E-state index is 0.389. The second kappa shape index (κ2) is 7.25. The van der Waals surface area contributed by atoms with Gasteiger partial charge in [0.2, 0.25) is 0 Å². The third-order valence-corrected chi connectivity index (χ3v) is 3.47. The zero-order chi connectivity index (χ0) is 13.5. The summed E-state index contributed by atoms with van der Waals surface area (Å²) in [7, 11) is 0. The van der Waals surface area contributed by atoms with Crippen molar-refractivity contribution < 1.29 is 4.74 Å². The molecule has 0 aliphatic carbocycles. The van der Waals surface area contributed by atoms with Gasteiger partial charge in [-0.05, 0) is 32.1 Å². The maximum absolute atomic E-state index is 5.71. The van der Waals surface area contributed by atoms with Gasteiger partial charge in [0.1, 0.15) is 18.0 Å². The number of rotatable bonds is 6. The molecule has 1 unspecified atom stereocenters. The minimum absolute atomic E-state index is 0.389. The van der Waals surface area contributed by atoms with Gasteiger partial charge in [-0.25, -0.2) is 15.8 Å². The van der Waals surface area contributed by atoms with E-state index in [-0.39, 0.29) is 0 Å². The molecule has 1 aliphatic heterocycles. The van der Waals surface area contributed by atoms with Crippen molar-refractivity contribution in [1.29, 1.82) is 0 Å². The SMILES string of the molecule is CCc1c(NN)ncnc1NCCC1CCCCO1. The van der Waals surface area contributed by atoms with Crippen LogP contribution in [0, 0.1) is 0 Å². The first kappa shape index (κ1) is 14.0. The average molecular weight is 265 g/mol. The van der Waals surface area contributed by atoms with Gasteiger partial charge >= 0.3 is 0 Å². The van der Waals surface area contributed by atoms with Gasteiger partial charge < -0.3 is 15.5 Å². The van der Waals surface area contributed by atoms with Crippen molar-refractivity contribution in [2.75, 3.05) is 23.9 Å². The van der Waals surface area contributed by atoms with E-state index in [2.05, 4.69) is 27.6 Å². The maximum Gasteiger partial charge on any atom is 0.148 e. The number of anilines is 2. The van der Waals surface area contributed by atoms with Crippen LogP contribution in [0.25, 0.3) is 0 Å². The Morgan fingerprint density at radius 2 is 2.21 bits per heavy atom. The first-order chi connectivity index (χ1) is 9.35. The quantitative estimate of drug-likeness (QED) is 0.536. The smallest absolute Gasteiger partial charge is 0.148 e. The average Bonchev–Trinajstić information content (AvgIpc) is 2.48. The number of ether oxygens (including phenoxy) is 1. The van der Waals surface area contributed by atoms with Gasteiger partial charge in [-0.15, -0.1) is 0 Å². The Morgan fingerprint density at radius 3 is 2.89 bits per heavy atom. The Kier molecular flexibility index (Phi) is 5.35. The van der Waals surface area contributed by atoms with Crippen LogP contribution < -0.4 is 16.6 Å². The Morgan fingerprint density at radius 1 is 1.37 bits per heavy atom. The van der Waals surface area contributed by atoms with Gasteiger partial charge in [0.25, 0.3) is 0 Å². The highest BCUT2D eigenvalue weighted by atomic mass is 16.5. The molecule has 2 heterocycles. The molecule has 0 bridgehead atoms. The fourth-order valence-corrected chi connectivity index (χ4v) is 2.41. The van der Waals surface area contributed by atoms with E-state index < -0.39 is 0 Å². The minimum Gasteiger partial charge on any atom is -0.378 e. The Hall–Kier alpha value is -1.40. The standard InChI is InChI=1S/C13H23N5O/c1-2-11-12(16-9-17-13(11)18-14)15-7-6-10-5-3-4-8-19-10/h9-10H,2-8,14H2,1H3,(H2,15,16,17,18). The van der Waals surface area contributed by atoms with E-state index in [4.69, 9.17) is 10.6 Å². The lowest BCUT2D eigenvalue weighted by Gasteiger charge is -2.22. The Labute approximate surface area is 114 Å². The second-order valence-corrected chi connectivity index (χ2v) is 4.75. The van der Waals surface area contributed by atoms with Gasteiger partial charge in [0.15, 0.2) is 0 Å². The Bertz CT molecular complexity index is 393. The van der Waals surface area contributed by atoms with Crippen molar-refractivity contribution >= 4 is 11.6 Å². The third kappa shape index (κ3) is 3.78. The molecule has 0 spiro atoms. The Balaban J connectivity index is 1.88. The summed E-state index contributed by atoms with van der Waals surface area (Å²) in [5.41, 5.74) is 3.63. The molecular formula is C13H23N5O. The van der Waals surface area contributed by atoms with E-state index in [1.807, 2.05) is 0 Å². The molecule has 4 N–H and O–H groups in total. The number of nitrogens with zero attached hydrogens (tertiary/aromatic N) is 2. The summed E-state index contributed by atoms with van der Waals surface area (Å²) >= 11 is 0. The summed E-state index contributed by atoms with van der Waals surface area (Å²) in [5, 5.41) is 3.36. The van der Waals surface area contributed by atoms with Crippen molar-refractivity contribution in [2.24, 2.45) is 5.84 Å². The molecule has 1 atom stereocenters. The van der Waals surface area contributed by atoms with Crippen LogP contribution in [0.3, 0.4) is 0 Å². The monoisotopic (exact) mass is 265 g/mol. The summed E-state index contributed by atoms with van der Waals surface area (Å²) < 4.78 is 5.71. The summed E-state index contributed by atoms with van der Waals surface area (Å²) in [6.45, 7) is 3.83. The van der Waals surface area contributed by atoms with Crippen molar-refractivity contribution in [3.05, 3.63) is 11.9 Å². The van der Waals surface area contributed by atoms with E-state index in [0.29, 0.717) is 11.9 Å².